The third-order valence-corrected chi connectivity index (χ3v) is 5.65. The molecule has 1 N–H and O–H groups in total. The number of hydrogen-bond donors (Lipinski definition) is 1. The highest BCUT2D eigenvalue weighted by Crippen LogP contribution is 2.20. The minimum atomic E-state index is -0.0765. The van der Waals surface area contributed by atoms with E-state index in [-0.39, 0.29) is 11.9 Å². The lowest BCUT2D eigenvalue weighted by Crippen LogP contribution is -2.25. The number of thiophene rings is 1. The lowest BCUT2D eigenvalue weighted by atomic mass is 10.1. The van der Waals surface area contributed by atoms with Gasteiger partial charge in [-0.25, -0.2) is 0 Å². The topological polar surface area (TPSA) is 43.3 Å². The van der Waals surface area contributed by atoms with Crippen molar-refractivity contribution in [3.05, 3.63) is 107 Å². The van der Waals surface area contributed by atoms with Crippen molar-refractivity contribution >= 4 is 17.2 Å². The second-order valence-corrected chi connectivity index (χ2v) is 7.71. The van der Waals surface area contributed by atoms with E-state index in [1.807, 2.05) is 85.4 Å². The number of benzene rings is 2. The van der Waals surface area contributed by atoms with Crippen LogP contribution < -0.4 is 10.1 Å². The summed E-state index contributed by atoms with van der Waals surface area (Å²) >= 11 is 1.44. The first kappa shape index (κ1) is 19.0. The third-order valence-electron chi connectivity index (χ3n) is 4.67. The Morgan fingerprint density at radius 3 is 2.48 bits per heavy atom. The molecule has 5 heteroatoms. The molecule has 0 aliphatic carbocycles. The fraction of sp³-hybridized carbons (Fsp3) is 0.125. The number of amides is 1. The zero-order chi connectivity index (χ0) is 20.1. The summed E-state index contributed by atoms with van der Waals surface area (Å²) < 4.78 is 7.80. The van der Waals surface area contributed by atoms with E-state index in [1.165, 1.54) is 11.3 Å². The smallest absolute Gasteiger partial charge is 0.261 e. The average molecular weight is 403 g/mol. The van der Waals surface area contributed by atoms with Crippen LogP contribution in [-0.4, -0.2) is 10.5 Å². The molecule has 4 rings (SSSR count). The number of para-hydroxylation sites is 1. The minimum absolute atomic E-state index is 0.0667. The molecule has 146 valence electrons. The number of aromatic nitrogens is 1. The van der Waals surface area contributed by atoms with Crippen molar-refractivity contribution in [1.82, 2.24) is 9.88 Å². The maximum Gasteiger partial charge on any atom is 0.261 e. The second kappa shape index (κ2) is 8.80. The Bertz CT molecular complexity index is 1050. The van der Waals surface area contributed by atoms with Gasteiger partial charge in [0.2, 0.25) is 0 Å². The van der Waals surface area contributed by atoms with Gasteiger partial charge in [0.1, 0.15) is 12.4 Å². The normalized spacial score (nSPS) is 11.8. The molecule has 0 saturated heterocycles. The standard InChI is InChI=1S/C24H22N2O2S/c1-18(20-9-11-21(12-10-20)26-13-5-6-14-26)25-24(27)23-15-19(17-29-23)16-28-22-7-3-2-4-8-22/h2-15,17-18H,16H2,1H3,(H,25,27). The van der Waals surface area contributed by atoms with Gasteiger partial charge in [-0.15, -0.1) is 11.3 Å². The van der Waals surface area contributed by atoms with Gasteiger partial charge in [0.15, 0.2) is 0 Å². The Morgan fingerprint density at radius 2 is 1.76 bits per heavy atom. The van der Waals surface area contributed by atoms with Crippen molar-refractivity contribution in [3.8, 4) is 11.4 Å². The van der Waals surface area contributed by atoms with Crippen LogP contribution in [-0.2, 0) is 6.61 Å². The van der Waals surface area contributed by atoms with E-state index in [2.05, 4.69) is 22.0 Å². The van der Waals surface area contributed by atoms with E-state index in [0.29, 0.717) is 11.5 Å². The molecule has 0 spiro atoms. The van der Waals surface area contributed by atoms with Crippen LogP contribution in [0.3, 0.4) is 0 Å². The fourth-order valence-electron chi connectivity index (χ4n) is 3.05. The Labute approximate surface area is 174 Å². The van der Waals surface area contributed by atoms with Gasteiger partial charge >= 0.3 is 0 Å². The quantitative estimate of drug-likeness (QED) is 0.437. The summed E-state index contributed by atoms with van der Waals surface area (Å²) in [5.41, 5.74) is 3.16. The summed E-state index contributed by atoms with van der Waals surface area (Å²) in [5, 5.41) is 5.04. The molecule has 1 atom stereocenters. The molecule has 1 unspecified atom stereocenters. The number of rotatable bonds is 7. The third kappa shape index (κ3) is 4.76. The van der Waals surface area contributed by atoms with E-state index in [0.717, 1.165) is 22.6 Å². The van der Waals surface area contributed by atoms with Gasteiger partial charge in [0, 0.05) is 23.6 Å². The summed E-state index contributed by atoms with van der Waals surface area (Å²) in [6.07, 6.45) is 4.02. The van der Waals surface area contributed by atoms with E-state index < -0.39 is 0 Å². The maximum atomic E-state index is 12.6. The van der Waals surface area contributed by atoms with Crippen LogP contribution in [0.1, 0.15) is 33.8 Å². The van der Waals surface area contributed by atoms with Crippen LogP contribution >= 0.6 is 11.3 Å². The molecule has 0 fully saturated rings. The van der Waals surface area contributed by atoms with Gasteiger partial charge in [-0.05, 0) is 60.3 Å². The summed E-state index contributed by atoms with van der Waals surface area (Å²) in [7, 11) is 0. The average Bonchev–Trinajstić information content (AvgIpc) is 3.45. The van der Waals surface area contributed by atoms with Crippen LogP contribution in [0.4, 0.5) is 0 Å². The van der Waals surface area contributed by atoms with Gasteiger partial charge in [-0.2, -0.15) is 0 Å². The first-order valence-electron chi connectivity index (χ1n) is 9.48. The number of carbonyl (C=O) groups is 1. The minimum Gasteiger partial charge on any atom is -0.489 e. The molecule has 0 saturated carbocycles. The number of hydrogen-bond acceptors (Lipinski definition) is 3. The highest BCUT2D eigenvalue weighted by Gasteiger charge is 2.14. The van der Waals surface area contributed by atoms with E-state index in [9.17, 15) is 4.79 Å². The Morgan fingerprint density at radius 1 is 1.03 bits per heavy atom. The van der Waals surface area contributed by atoms with Crippen LogP contribution in [0, 0.1) is 0 Å². The van der Waals surface area contributed by atoms with Crippen molar-refractivity contribution in [3.63, 3.8) is 0 Å². The van der Waals surface area contributed by atoms with E-state index in [4.69, 9.17) is 4.74 Å². The molecule has 0 aliphatic heterocycles. The molecule has 4 aromatic rings. The number of nitrogens with one attached hydrogen (secondary N) is 1. The van der Waals surface area contributed by atoms with Crippen molar-refractivity contribution < 1.29 is 9.53 Å². The lowest BCUT2D eigenvalue weighted by molar-refractivity contribution is 0.0944. The highest BCUT2D eigenvalue weighted by atomic mass is 32.1. The van der Waals surface area contributed by atoms with E-state index >= 15 is 0 Å². The zero-order valence-electron chi connectivity index (χ0n) is 16.1. The molecule has 2 heterocycles. The summed E-state index contributed by atoms with van der Waals surface area (Å²) in [4.78, 5) is 13.3. The molecule has 0 aliphatic rings. The van der Waals surface area contributed by atoms with Gasteiger partial charge in [-0.3, -0.25) is 4.79 Å². The van der Waals surface area contributed by atoms with Crippen molar-refractivity contribution in [1.29, 1.82) is 0 Å². The monoisotopic (exact) mass is 402 g/mol. The van der Waals surface area contributed by atoms with E-state index in [1.54, 1.807) is 0 Å². The first-order chi connectivity index (χ1) is 14.2. The molecule has 2 aromatic heterocycles. The van der Waals surface area contributed by atoms with Crippen LogP contribution in [0.25, 0.3) is 5.69 Å². The summed E-state index contributed by atoms with van der Waals surface area (Å²) in [6.45, 7) is 2.44. The predicted molar refractivity (Wildman–Crippen MR) is 117 cm³/mol. The van der Waals surface area contributed by atoms with Crippen LogP contribution in [0.15, 0.2) is 90.6 Å². The Kier molecular flexibility index (Phi) is 5.77. The fourth-order valence-corrected chi connectivity index (χ4v) is 3.85. The molecule has 29 heavy (non-hydrogen) atoms. The molecular weight excluding hydrogens is 380 g/mol. The van der Waals surface area contributed by atoms with Gasteiger partial charge in [0.05, 0.1) is 10.9 Å². The zero-order valence-corrected chi connectivity index (χ0v) is 16.9. The van der Waals surface area contributed by atoms with Crippen LogP contribution in [0.5, 0.6) is 5.75 Å². The Balaban J connectivity index is 1.34. The summed E-state index contributed by atoms with van der Waals surface area (Å²) in [6, 6.07) is 23.7. The van der Waals surface area contributed by atoms with Gasteiger partial charge in [0.25, 0.3) is 5.91 Å². The Hall–Kier alpha value is -3.31. The molecule has 0 radical (unpaired) electrons. The molecule has 1 amide bonds. The molecular formula is C24H22N2O2S. The second-order valence-electron chi connectivity index (χ2n) is 6.80. The largest absolute Gasteiger partial charge is 0.489 e. The predicted octanol–water partition coefficient (Wildman–Crippen LogP) is 5.61. The number of nitrogens with zero attached hydrogens (tertiary/aromatic N) is 1. The lowest BCUT2D eigenvalue weighted by Gasteiger charge is -2.14. The summed E-state index contributed by atoms with van der Waals surface area (Å²) in [5.74, 6) is 0.754. The maximum absolute atomic E-state index is 12.6. The highest BCUT2D eigenvalue weighted by molar-refractivity contribution is 7.12. The molecule has 4 nitrogen and oxygen atoms in total. The molecule has 0 bridgehead atoms. The van der Waals surface area contributed by atoms with Crippen molar-refractivity contribution in [2.45, 2.75) is 19.6 Å². The van der Waals surface area contributed by atoms with Gasteiger partial charge < -0.3 is 14.6 Å². The van der Waals surface area contributed by atoms with Crippen LogP contribution in [0.2, 0.25) is 0 Å². The number of carbonyl (C=O) groups excluding carboxylic acids is 1. The van der Waals surface area contributed by atoms with Crippen molar-refractivity contribution in [2.24, 2.45) is 0 Å². The SMILES string of the molecule is CC(NC(=O)c1cc(COc2ccccc2)cs1)c1ccc(-n2cccc2)cc1. The van der Waals surface area contributed by atoms with Gasteiger partial charge in [-0.1, -0.05) is 30.3 Å². The number of ether oxygens (including phenoxy) is 1. The molecule has 2 aromatic carbocycles. The first-order valence-corrected chi connectivity index (χ1v) is 10.4. The van der Waals surface area contributed by atoms with Crippen molar-refractivity contribution in [2.75, 3.05) is 0 Å².